The average Bonchev–Trinajstić information content (AvgIpc) is 2.65. The molecule has 0 atom stereocenters. The Bertz CT molecular complexity index is 754. The standard InChI is InChI=1S/C18H18F2N2O4/c1-22(14-6-4-3-5-7-14)17(23)12-25-21-11-13-8-9-15(26-18(19)20)16(10-13)24-2/h3-11,18H,12H2,1-2H3/b21-11+. The average molecular weight is 364 g/mol. The van der Waals surface area contributed by atoms with Gasteiger partial charge in [0.2, 0.25) is 0 Å². The lowest BCUT2D eigenvalue weighted by Crippen LogP contribution is -2.29. The highest BCUT2D eigenvalue weighted by Crippen LogP contribution is 2.28. The first-order valence-corrected chi connectivity index (χ1v) is 7.61. The van der Waals surface area contributed by atoms with Gasteiger partial charge in [-0.25, -0.2) is 0 Å². The molecule has 0 saturated carbocycles. The fourth-order valence-electron chi connectivity index (χ4n) is 2.04. The molecular weight excluding hydrogens is 346 g/mol. The summed E-state index contributed by atoms with van der Waals surface area (Å²) >= 11 is 0. The van der Waals surface area contributed by atoms with E-state index in [-0.39, 0.29) is 24.0 Å². The van der Waals surface area contributed by atoms with Crippen LogP contribution in [0.3, 0.4) is 0 Å². The van der Waals surface area contributed by atoms with Gasteiger partial charge in [-0.1, -0.05) is 23.4 Å². The van der Waals surface area contributed by atoms with Gasteiger partial charge in [0, 0.05) is 18.3 Å². The number of nitrogens with zero attached hydrogens (tertiary/aromatic N) is 2. The Balaban J connectivity index is 1.91. The van der Waals surface area contributed by atoms with Crippen LogP contribution in [0.5, 0.6) is 11.5 Å². The van der Waals surface area contributed by atoms with Crippen molar-refractivity contribution in [2.45, 2.75) is 6.61 Å². The predicted molar refractivity (Wildman–Crippen MR) is 93.0 cm³/mol. The topological polar surface area (TPSA) is 60.4 Å². The fourth-order valence-corrected chi connectivity index (χ4v) is 2.04. The molecule has 0 spiro atoms. The molecule has 1 amide bonds. The van der Waals surface area contributed by atoms with Gasteiger partial charge in [0.25, 0.3) is 5.91 Å². The summed E-state index contributed by atoms with van der Waals surface area (Å²) in [4.78, 5) is 18.5. The van der Waals surface area contributed by atoms with Crippen molar-refractivity contribution in [3.05, 3.63) is 54.1 Å². The number of halogens is 2. The third-order valence-corrected chi connectivity index (χ3v) is 3.39. The van der Waals surface area contributed by atoms with Crippen molar-refractivity contribution in [1.82, 2.24) is 0 Å². The van der Waals surface area contributed by atoms with Gasteiger partial charge >= 0.3 is 6.61 Å². The van der Waals surface area contributed by atoms with E-state index in [4.69, 9.17) is 9.57 Å². The number of carbonyl (C=O) groups excluding carboxylic acids is 1. The third kappa shape index (κ3) is 5.44. The van der Waals surface area contributed by atoms with Gasteiger partial charge in [-0.05, 0) is 30.3 Å². The number of oxime groups is 1. The van der Waals surface area contributed by atoms with E-state index in [0.717, 1.165) is 5.69 Å². The van der Waals surface area contributed by atoms with Gasteiger partial charge in [0.15, 0.2) is 18.1 Å². The zero-order valence-corrected chi connectivity index (χ0v) is 14.3. The highest BCUT2D eigenvalue weighted by Gasteiger charge is 2.12. The first kappa shape index (κ1) is 19.2. The Kier molecular flexibility index (Phi) is 6.90. The summed E-state index contributed by atoms with van der Waals surface area (Å²) in [5, 5.41) is 3.71. The zero-order chi connectivity index (χ0) is 18.9. The maximum atomic E-state index is 12.3. The van der Waals surface area contributed by atoms with Crippen LogP contribution in [0.4, 0.5) is 14.5 Å². The van der Waals surface area contributed by atoms with E-state index in [2.05, 4.69) is 9.89 Å². The quantitative estimate of drug-likeness (QED) is 0.533. The molecule has 26 heavy (non-hydrogen) atoms. The first-order valence-electron chi connectivity index (χ1n) is 7.61. The van der Waals surface area contributed by atoms with Gasteiger partial charge in [0.1, 0.15) is 0 Å². The number of para-hydroxylation sites is 1. The molecule has 0 fully saturated rings. The summed E-state index contributed by atoms with van der Waals surface area (Å²) in [5.41, 5.74) is 1.27. The van der Waals surface area contributed by atoms with E-state index in [0.29, 0.717) is 5.56 Å². The Morgan fingerprint density at radius 1 is 1.19 bits per heavy atom. The van der Waals surface area contributed by atoms with E-state index >= 15 is 0 Å². The molecule has 0 aliphatic carbocycles. The van der Waals surface area contributed by atoms with Crippen LogP contribution in [0.1, 0.15) is 5.56 Å². The number of alkyl halides is 2. The first-order chi connectivity index (χ1) is 12.5. The summed E-state index contributed by atoms with van der Waals surface area (Å²) in [6.45, 7) is -3.19. The molecule has 0 unspecified atom stereocenters. The number of rotatable bonds is 8. The van der Waals surface area contributed by atoms with Crippen molar-refractivity contribution in [3.8, 4) is 11.5 Å². The highest BCUT2D eigenvalue weighted by molar-refractivity contribution is 5.93. The second kappa shape index (κ2) is 9.36. The van der Waals surface area contributed by atoms with Crippen LogP contribution in [0.25, 0.3) is 0 Å². The van der Waals surface area contributed by atoms with Crippen LogP contribution < -0.4 is 14.4 Å². The number of hydrogen-bond acceptors (Lipinski definition) is 5. The highest BCUT2D eigenvalue weighted by atomic mass is 19.3. The normalized spacial score (nSPS) is 10.8. The van der Waals surface area contributed by atoms with E-state index in [1.54, 1.807) is 19.2 Å². The Labute approximate surface area is 149 Å². The van der Waals surface area contributed by atoms with Gasteiger partial charge in [0.05, 0.1) is 13.3 Å². The lowest BCUT2D eigenvalue weighted by Gasteiger charge is -2.16. The number of amides is 1. The number of likely N-dealkylation sites (N-methyl/N-ethyl adjacent to an activating group) is 1. The summed E-state index contributed by atoms with van der Waals surface area (Å²) in [6, 6.07) is 13.4. The molecule has 0 bridgehead atoms. The minimum atomic E-state index is -2.95. The van der Waals surface area contributed by atoms with E-state index < -0.39 is 6.61 Å². The van der Waals surface area contributed by atoms with Crippen molar-refractivity contribution in [2.24, 2.45) is 5.16 Å². The molecule has 0 aliphatic heterocycles. The SMILES string of the molecule is COc1cc(/C=N/OCC(=O)N(C)c2ccccc2)ccc1OC(F)F. The summed E-state index contributed by atoms with van der Waals surface area (Å²) < 4.78 is 33.9. The Hall–Kier alpha value is -3.16. The van der Waals surface area contributed by atoms with Crippen molar-refractivity contribution >= 4 is 17.8 Å². The van der Waals surface area contributed by atoms with Crippen molar-refractivity contribution in [3.63, 3.8) is 0 Å². The molecule has 138 valence electrons. The van der Waals surface area contributed by atoms with Crippen molar-refractivity contribution in [2.75, 3.05) is 25.7 Å². The lowest BCUT2D eigenvalue weighted by molar-refractivity contribution is -0.122. The van der Waals surface area contributed by atoms with E-state index in [9.17, 15) is 13.6 Å². The fraction of sp³-hybridized carbons (Fsp3) is 0.222. The summed E-state index contributed by atoms with van der Waals surface area (Å²) in [7, 11) is 2.97. The van der Waals surface area contributed by atoms with Crippen LogP contribution >= 0.6 is 0 Å². The Morgan fingerprint density at radius 2 is 1.92 bits per heavy atom. The molecule has 8 heteroatoms. The molecule has 2 rings (SSSR count). The number of hydrogen-bond donors (Lipinski definition) is 0. The number of carbonyl (C=O) groups is 1. The third-order valence-electron chi connectivity index (χ3n) is 3.39. The molecule has 0 saturated heterocycles. The van der Waals surface area contributed by atoms with Crippen LogP contribution in [-0.2, 0) is 9.63 Å². The van der Waals surface area contributed by atoms with Gasteiger partial charge in [-0.15, -0.1) is 0 Å². The van der Waals surface area contributed by atoms with Gasteiger partial charge in [-0.3, -0.25) is 4.79 Å². The van der Waals surface area contributed by atoms with E-state index in [1.165, 1.54) is 36.4 Å². The molecule has 0 heterocycles. The minimum Gasteiger partial charge on any atom is -0.493 e. The smallest absolute Gasteiger partial charge is 0.387 e. The number of benzene rings is 2. The summed E-state index contributed by atoms with van der Waals surface area (Å²) in [6.07, 6.45) is 1.34. The largest absolute Gasteiger partial charge is 0.493 e. The second-order valence-corrected chi connectivity index (χ2v) is 5.09. The molecule has 0 aliphatic rings. The maximum Gasteiger partial charge on any atom is 0.387 e. The van der Waals surface area contributed by atoms with Crippen LogP contribution in [0, 0.1) is 0 Å². The molecular formula is C18H18F2N2O4. The number of methoxy groups -OCH3 is 1. The zero-order valence-electron chi connectivity index (χ0n) is 14.3. The lowest BCUT2D eigenvalue weighted by atomic mass is 10.2. The van der Waals surface area contributed by atoms with E-state index in [1.807, 2.05) is 18.2 Å². The molecule has 6 nitrogen and oxygen atoms in total. The number of anilines is 1. The van der Waals surface area contributed by atoms with Gasteiger partial charge in [-0.2, -0.15) is 8.78 Å². The van der Waals surface area contributed by atoms with Crippen molar-refractivity contribution in [1.29, 1.82) is 0 Å². The summed E-state index contributed by atoms with van der Waals surface area (Å²) in [5.74, 6) is -0.221. The predicted octanol–water partition coefficient (Wildman–Crippen LogP) is 3.31. The molecule has 0 radical (unpaired) electrons. The van der Waals surface area contributed by atoms with Crippen LogP contribution in [-0.4, -0.2) is 39.5 Å². The Morgan fingerprint density at radius 3 is 2.58 bits per heavy atom. The second-order valence-electron chi connectivity index (χ2n) is 5.09. The van der Waals surface area contributed by atoms with Gasteiger partial charge < -0.3 is 19.2 Å². The minimum absolute atomic E-state index is 0.0831. The maximum absolute atomic E-state index is 12.3. The van der Waals surface area contributed by atoms with Crippen LogP contribution in [0.15, 0.2) is 53.7 Å². The number of ether oxygens (including phenoxy) is 2. The van der Waals surface area contributed by atoms with Crippen LogP contribution in [0.2, 0.25) is 0 Å². The monoisotopic (exact) mass is 364 g/mol. The molecule has 2 aromatic carbocycles. The van der Waals surface area contributed by atoms with Crippen molar-refractivity contribution < 1.29 is 27.9 Å². The molecule has 2 aromatic rings. The molecule has 0 aromatic heterocycles. The molecule has 0 N–H and O–H groups in total.